The molecule has 1 aliphatic rings. The van der Waals surface area contributed by atoms with E-state index in [0.29, 0.717) is 31.3 Å². The molecule has 0 spiro atoms. The third kappa shape index (κ3) is 5.18. The number of carbonyl (C=O) groups excluding carboxylic acids is 2. The Labute approximate surface area is 178 Å². The van der Waals surface area contributed by atoms with Crippen LogP contribution in [0.25, 0.3) is 0 Å². The average molecular weight is 584 g/mol. The van der Waals surface area contributed by atoms with Gasteiger partial charge in [0.1, 0.15) is 6.10 Å². The molecule has 0 saturated heterocycles. The maximum Gasteiger partial charge on any atom is 0.338 e. The number of ether oxygens (including phenoxy) is 2. The van der Waals surface area contributed by atoms with Crippen molar-refractivity contribution in [3.8, 4) is 5.75 Å². The molecule has 2 unspecified atom stereocenters. The first-order valence-corrected chi connectivity index (χ1v) is 10.2. The summed E-state index contributed by atoms with van der Waals surface area (Å²) < 4.78 is 11.9. The molecular weight excluding hydrogens is 566 g/mol. The maximum atomic E-state index is 12.5. The van der Waals surface area contributed by atoms with Crippen molar-refractivity contribution in [1.82, 2.24) is 0 Å². The van der Waals surface area contributed by atoms with Gasteiger partial charge in [-0.3, -0.25) is 4.79 Å². The van der Waals surface area contributed by atoms with E-state index in [-0.39, 0.29) is 5.57 Å². The Kier molecular flexibility index (Phi) is 7.44. The summed E-state index contributed by atoms with van der Waals surface area (Å²) in [7, 11) is 0. The summed E-state index contributed by atoms with van der Waals surface area (Å²) in [5, 5.41) is 9.30. The minimum absolute atomic E-state index is 0.275. The highest BCUT2D eigenvalue weighted by atomic mass is 127. The van der Waals surface area contributed by atoms with Gasteiger partial charge < -0.3 is 14.6 Å². The number of aliphatic carboxylic acids is 1. The van der Waals surface area contributed by atoms with Crippen molar-refractivity contribution < 1.29 is 29.0 Å². The zero-order valence-electron chi connectivity index (χ0n) is 14.1. The molecule has 2 atom stereocenters. The fourth-order valence-electron chi connectivity index (χ4n) is 2.68. The summed E-state index contributed by atoms with van der Waals surface area (Å²) in [4.78, 5) is 35.6. The van der Waals surface area contributed by atoms with Crippen LogP contribution in [0.15, 0.2) is 24.3 Å². The number of benzene rings is 1. The molecule has 140 valence electrons. The van der Waals surface area contributed by atoms with Gasteiger partial charge in [0.15, 0.2) is 5.75 Å². The van der Waals surface area contributed by atoms with Crippen LogP contribution in [0.5, 0.6) is 5.75 Å². The van der Waals surface area contributed by atoms with Crippen molar-refractivity contribution in [2.24, 2.45) is 5.92 Å². The SMILES string of the molecule is C=C(C)C(=O)Oc1c(I)cc(C(=O)OC2CCCCC2C(=O)O)cc1I. The minimum Gasteiger partial charge on any atom is -0.481 e. The van der Waals surface area contributed by atoms with Crippen molar-refractivity contribution >= 4 is 63.1 Å². The molecule has 0 heterocycles. The van der Waals surface area contributed by atoms with Crippen molar-refractivity contribution in [3.63, 3.8) is 0 Å². The number of hydrogen-bond acceptors (Lipinski definition) is 5. The molecule has 8 heteroatoms. The van der Waals surface area contributed by atoms with Crippen LogP contribution in [0.4, 0.5) is 0 Å². The van der Waals surface area contributed by atoms with Gasteiger partial charge in [-0.05, 0) is 83.5 Å². The van der Waals surface area contributed by atoms with Gasteiger partial charge in [0, 0.05) is 5.57 Å². The van der Waals surface area contributed by atoms with E-state index < -0.39 is 29.9 Å². The smallest absolute Gasteiger partial charge is 0.338 e. The first kappa shape index (κ1) is 21.1. The molecule has 1 aromatic rings. The molecule has 1 fully saturated rings. The number of carboxylic acid groups (broad SMARTS) is 1. The van der Waals surface area contributed by atoms with E-state index in [2.05, 4.69) is 6.58 Å². The average Bonchev–Trinajstić information content (AvgIpc) is 2.57. The normalized spacial score (nSPS) is 19.5. The molecule has 26 heavy (non-hydrogen) atoms. The largest absolute Gasteiger partial charge is 0.481 e. The molecule has 6 nitrogen and oxygen atoms in total. The van der Waals surface area contributed by atoms with E-state index in [1.165, 1.54) is 0 Å². The van der Waals surface area contributed by atoms with Crippen molar-refractivity contribution in [3.05, 3.63) is 37.0 Å². The number of carboxylic acids is 1. The van der Waals surface area contributed by atoms with Crippen LogP contribution in [0.1, 0.15) is 43.0 Å². The van der Waals surface area contributed by atoms with Gasteiger partial charge in [0.25, 0.3) is 0 Å². The second kappa shape index (κ2) is 9.16. The van der Waals surface area contributed by atoms with Crippen LogP contribution in [-0.2, 0) is 14.3 Å². The Morgan fingerprint density at radius 3 is 2.27 bits per heavy atom. The lowest BCUT2D eigenvalue weighted by molar-refractivity contribution is -0.147. The van der Waals surface area contributed by atoms with E-state index in [1.807, 2.05) is 45.2 Å². The van der Waals surface area contributed by atoms with Gasteiger partial charge in [-0.1, -0.05) is 13.0 Å². The van der Waals surface area contributed by atoms with Crippen LogP contribution in [-0.4, -0.2) is 29.1 Å². The van der Waals surface area contributed by atoms with Crippen LogP contribution in [0.2, 0.25) is 0 Å². The van der Waals surface area contributed by atoms with E-state index in [1.54, 1.807) is 19.1 Å². The lowest BCUT2D eigenvalue weighted by Crippen LogP contribution is -2.35. The van der Waals surface area contributed by atoms with E-state index in [9.17, 15) is 19.5 Å². The molecular formula is C18H18I2O6. The number of hydrogen-bond donors (Lipinski definition) is 1. The summed E-state index contributed by atoms with van der Waals surface area (Å²) in [6, 6.07) is 3.12. The van der Waals surface area contributed by atoms with Gasteiger partial charge >= 0.3 is 17.9 Å². The highest BCUT2D eigenvalue weighted by Crippen LogP contribution is 2.31. The third-order valence-corrected chi connectivity index (χ3v) is 5.66. The number of halogens is 2. The van der Waals surface area contributed by atoms with Gasteiger partial charge in [0.05, 0.1) is 18.6 Å². The monoisotopic (exact) mass is 584 g/mol. The Morgan fingerprint density at radius 2 is 1.73 bits per heavy atom. The molecule has 1 saturated carbocycles. The van der Waals surface area contributed by atoms with Crippen LogP contribution in [0, 0.1) is 13.1 Å². The van der Waals surface area contributed by atoms with Gasteiger partial charge in [-0.25, -0.2) is 9.59 Å². The topological polar surface area (TPSA) is 89.9 Å². The summed E-state index contributed by atoms with van der Waals surface area (Å²) >= 11 is 3.95. The van der Waals surface area contributed by atoms with Crippen molar-refractivity contribution in [2.75, 3.05) is 0 Å². The third-order valence-electron chi connectivity index (χ3n) is 4.06. The Morgan fingerprint density at radius 1 is 1.15 bits per heavy atom. The molecule has 1 N–H and O–H groups in total. The fraction of sp³-hybridized carbons (Fsp3) is 0.389. The number of esters is 2. The molecule has 0 aliphatic heterocycles. The lowest BCUT2D eigenvalue weighted by Gasteiger charge is -2.28. The zero-order valence-corrected chi connectivity index (χ0v) is 18.4. The van der Waals surface area contributed by atoms with Crippen molar-refractivity contribution in [2.45, 2.75) is 38.7 Å². The lowest BCUT2D eigenvalue weighted by atomic mass is 9.86. The quantitative estimate of drug-likeness (QED) is 0.242. The van der Waals surface area contributed by atoms with E-state index in [4.69, 9.17) is 9.47 Å². The van der Waals surface area contributed by atoms with Gasteiger partial charge in [-0.15, -0.1) is 0 Å². The predicted molar refractivity (Wildman–Crippen MR) is 111 cm³/mol. The standard InChI is InChI=1S/C18H18I2O6/c1-9(2)17(23)26-15-12(19)7-10(8-13(15)20)18(24)25-14-6-4-3-5-11(14)16(21)22/h7-8,11,14H,1,3-6H2,2H3,(H,21,22). The molecule has 1 aromatic carbocycles. The van der Waals surface area contributed by atoms with Crippen molar-refractivity contribution in [1.29, 1.82) is 0 Å². The molecule has 0 bridgehead atoms. The van der Waals surface area contributed by atoms with E-state index >= 15 is 0 Å². The minimum atomic E-state index is -0.936. The first-order valence-electron chi connectivity index (χ1n) is 8.01. The summed E-state index contributed by atoms with van der Waals surface area (Å²) in [5.41, 5.74) is 0.570. The second-order valence-corrected chi connectivity index (χ2v) is 8.44. The van der Waals surface area contributed by atoms with E-state index in [0.717, 1.165) is 12.8 Å². The van der Waals surface area contributed by atoms with Gasteiger partial charge in [-0.2, -0.15) is 0 Å². The molecule has 0 radical (unpaired) electrons. The highest BCUT2D eigenvalue weighted by Gasteiger charge is 2.34. The summed E-state index contributed by atoms with van der Waals surface area (Å²) in [6.07, 6.45) is 2.10. The highest BCUT2D eigenvalue weighted by molar-refractivity contribution is 14.1. The fourth-order valence-corrected chi connectivity index (χ4v) is 4.67. The summed E-state index contributed by atoms with van der Waals surface area (Å²) in [6.45, 7) is 5.09. The summed E-state index contributed by atoms with van der Waals surface area (Å²) in [5.74, 6) is -2.35. The van der Waals surface area contributed by atoms with Crippen LogP contribution in [0.3, 0.4) is 0 Å². The Hall–Kier alpha value is -1.17. The second-order valence-electron chi connectivity index (χ2n) is 6.11. The predicted octanol–water partition coefficient (Wildman–Crippen LogP) is 4.18. The Balaban J connectivity index is 2.18. The molecule has 0 aromatic heterocycles. The Bertz CT molecular complexity index is 735. The first-order chi connectivity index (χ1) is 12.2. The van der Waals surface area contributed by atoms with Gasteiger partial charge in [0.2, 0.25) is 0 Å². The molecule has 1 aliphatic carbocycles. The molecule has 0 amide bonds. The molecule has 2 rings (SSSR count). The zero-order chi connectivity index (χ0) is 19.4. The van der Waals surface area contributed by atoms with Crippen LogP contribution >= 0.6 is 45.2 Å². The number of rotatable bonds is 5. The number of carbonyl (C=O) groups is 3. The van der Waals surface area contributed by atoms with Crippen LogP contribution < -0.4 is 4.74 Å². The maximum absolute atomic E-state index is 12.5.